The molecule has 0 saturated carbocycles. The molecule has 0 aliphatic carbocycles. The maximum Gasteiger partial charge on any atom is 0.323 e. The van der Waals surface area contributed by atoms with Crippen LogP contribution < -0.4 is 0 Å². The average Bonchev–Trinajstić information content (AvgIpc) is 2.53. The van der Waals surface area contributed by atoms with Crippen LogP contribution in [0.3, 0.4) is 0 Å². The summed E-state index contributed by atoms with van der Waals surface area (Å²) in [4.78, 5) is 30.4. The minimum absolute atomic E-state index is 0.0212. The van der Waals surface area contributed by atoms with Crippen LogP contribution in [0.5, 0.6) is 0 Å². The van der Waals surface area contributed by atoms with Gasteiger partial charge < -0.3 is 14.9 Å². The van der Waals surface area contributed by atoms with Crippen molar-refractivity contribution in [3.05, 3.63) is 35.4 Å². The maximum atomic E-state index is 13.3. The number of amides is 1. The van der Waals surface area contributed by atoms with Gasteiger partial charge in [0.25, 0.3) is 0 Å². The predicted molar refractivity (Wildman–Crippen MR) is 97.5 cm³/mol. The van der Waals surface area contributed by atoms with Gasteiger partial charge in [0.15, 0.2) is 0 Å². The summed E-state index contributed by atoms with van der Waals surface area (Å²) in [7, 11) is 5.77. The Balaban J connectivity index is 2.29. The van der Waals surface area contributed by atoms with Crippen molar-refractivity contribution in [1.82, 2.24) is 14.7 Å². The smallest absolute Gasteiger partial charge is 0.323 e. The molecule has 0 radical (unpaired) electrons. The maximum absolute atomic E-state index is 13.3. The van der Waals surface area contributed by atoms with Crippen LogP contribution in [0.2, 0.25) is 0 Å². The predicted octanol–water partition coefficient (Wildman–Crippen LogP) is 1.61. The van der Waals surface area contributed by atoms with Crippen molar-refractivity contribution < 1.29 is 14.7 Å². The summed E-state index contributed by atoms with van der Waals surface area (Å²) in [6, 6.07) is 7.36. The Kier molecular flexibility index (Phi) is 6.56. The van der Waals surface area contributed by atoms with Crippen molar-refractivity contribution in [2.45, 2.75) is 31.8 Å². The van der Waals surface area contributed by atoms with E-state index in [9.17, 15) is 14.7 Å². The lowest BCUT2D eigenvalue weighted by molar-refractivity contribution is -0.149. The Hall–Kier alpha value is -1.92. The van der Waals surface area contributed by atoms with Gasteiger partial charge in [0.1, 0.15) is 12.6 Å². The molecule has 0 aromatic heterocycles. The van der Waals surface area contributed by atoms with Gasteiger partial charge in [-0.15, -0.1) is 0 Å². The van der Waals surface area contributed by atoms with E-state index in [0.717, 1.165) is 37.1 Å². The molecule has 1 amide bonds. The van der Waals surface area contributed by atoms with E-state index in [1.165, 1.54) is 0 Å². The molecule has 2 rings (SSSR count). The first kappa shape index (κ1) is 19.4. The normalized spacial score (nSPS) is 17.5. The van der Waals surface area contributed by atoms with Crippen molar-refractivity contribution in [3.8, 4) is 0 Å². The van der Waals surface area contributed by atoms with E-state index in [2.05, 4.69) is 11.9 Å². The molecule has 1 fully saturated rings. The van der Waals surface area contributed by atoms with Gasteiger partial charge in [0, 0.05) is 6.04 Å². The number of aliphatic carboxylic acids is 1. The fourth-order valence-electron chi connectivity index (χ4n) is 3.50. The molecule has 1 heterocycles. The van der Waals surface area contributed by atoms with E-state index in [1.54, 1.807) is 4.90 Å². The molecule has 1 atom stereocenters. The molecular weight excluding hydrogens is 318 g/mol. The van der Waals surface area contributed by atoms with Crippen molar-refractivity contribution in [2.24, 2.45) is 0 Å². The zero-order valence-electron chi connectivity index (χ0n) is 15.6. The van der Waals surface area contributed by atoms with E-state index in [0.29, 0.717) is 0 Å². The third kappa shape index (κ3) is 5.03. The molecule has 6 nitrogen and oxygen atoms in total. The first-order valence-corrected chi connectivity index (χ1v) is 8.73. The number of carboxylic acids is 1. The van der Waals surface area contributed by atoms with Crippen molar-refractivity contribution in [1.29, 1.82) is 0 Å². The highest BCUT2D eigenvalue weighted by atomic mass is 16.4. The highest BCUT2D eigenvalue weighted by molar-refractivity contribution is 5.86. The number of likely N-dealkylation sites (tertiary alicyclic amines) is 1. The topological polar surface area (TPSA) is 64.1 Å². The van der Waals surface area contributed by atoms with E-state index in [-0.39, 0.29) is 18.5 Å². The number of piperidine rings is 1. The number of carboxylic acid groups (broad SMARTS) is 1. The molecule has 25 heavy (non-hydrogen) atoms. The van der Waals surface area contributed by atoms with Crippen LogP contribution in [0.25, 0.3) is 0 Å². The van der Waals surface area contributed by atoms with Crippen molar-refractivity contribution in [2.75, 3.05) is 40.8 Å². The molecule has 1 aromatic rings. The molecule has 1 aliphatic rings. The van der Waals surface area contributed by atoms with Crippen LogP contribution >= 0.6 is 0 Å². The first-order chi connectivity index (χ1) is 11.8. The molecule has 1 unspecified atom stereocenters. The van der Waals surface area contributed by atoms with Gasteiger partial charge in [-0.05, 0) is 59.6 Å². The van der Waals surface area contributed by atoms with Gasteiger partial charge in [0.2, 0.25) is 5.91 Å². The molecule has 0 spiro atoms. The Morgan fingerprint density at radius 2 is 1.92 bits per heavy atom. The van der Waals surface area contributed by atoms with Crippen LogP contribution in [0.15, 0.2) is 24.3 Å². The highest BCUT2D eigenvalue weighted by Crippen LogP contribution is 2.25. The summed E-state index contributed by atoms with van der Waals surface area (Å²) >= 11 is 0. The summed E-state index contributed by atoms with van der Waals surface area (Å²) in [6.07, 6.45) is 1.62. The Labute approximate surface area is 150 Å². The van der Waals surface area contributed by atoms with Crippen LogP contribution in [0.1, 0.15) is 30.0 Å². The summed E-state index contributed by atoms with van der Waals surface area (Å²) in [5.41, 5.74) is 1.99. The number of carbonyl (C=O) groups excluding carboxylic acids is 1. The molecule has 138 valence electrons. The van der Waals surface area contributed by atoms with Crippen LogP contribution in [-0.2, 0) is 9.59 Å². The second-order valence-corrected chi connectivity index (χ2v) is 7.17. The lowest BCUT2D eigenvalue weighted by Crippen LogP contribution is -2.51. The minimum Gasteiger partial charge on any atom is -0.480 e. The average molecular weight is 347 g/mol. The number of nitrogens with zero attached hydrogens (tertiary/aromatic N) is 3. The standard InChI is InChI=1S/C19H29N3O3/c1-14-6-5-7-15(12-14)18(20(2)3)19(25)22(13-17(23)24)16-8-10-21(4)11-9-16/h5-7,12,16,18H,8-11,13H2,1-4H3,(H,23,24). The third-order valence-electron chi connectivity index (χ3n) is 4.83. The molecule has 0 bridgehead atoms. The number of aryl methyl sites for hydroxylation is 1. The zero-order chi connectivity index (χ0) is 18.6. The quantitative estimate of drug-likeness (QED) is 0.847. The first-order valence-electron chi connectivity index (χ1n) is 8.73. The van der Waals surface area contributed by atoms with Gasteiger partial charge in [-0.1, -0.05) is 29.8 Å². The van der Waals surface area contributed by atoms with Gasteiger partial charge in [-0.3, -0.25) is 14.5 Å². The van der Waals surface area contributed by atoms with Gasteiger partial charge in [-0.25, -0.2) is 0 Å². The van der Waals surface area contributed by atoms with Crippen molar-refractivity contribution in [3.63, 3.8) is 0 Å². The number of likely N-dealkylation sites (N-methyl/N-ethyl adjacent to an activating group) is 1. The monoisotopic (exact) mass is 347 g/mol. The second-order valence-electron chi connectivity index (χ2n) is 7.17. The fourth-order valence-corrected chi connectivity index (χ4v) is 3.50. The summed E-state index contributed by atoms with van der Waals surface area (Å²) < 4.78 is 0. The summed E-state index contributed by atoms with van der Waals surface area (Å²) in [6.45, 7) is 3.51. The third-order valence-corrected chi connectivity index (χ3v) is 4.83. The highest BCUT2D eigenvalue weighted by Gasteiger charge is 2.34. The largest absolute Gasteiger partial charge is 0.480 e. The minimum atomic E-state index is -0.964. The molecular formula is C19H29N3O3. The Morgan fingerprint density at radius 1 is 1.28 bits per heavy atom. The summed E-state index contributed by atoms with van der Waals surface area (Å²) in [5.74, 6) is -1.10. The van der Waals surface area contributed by atoms with Crippen LogP contribution in [-0.4, -0.2) is 78.5 Å². The Morgan fingerprint density at radius 3 is 2.44 bits per heavy atom. The number of rotatable bonds is 6. The SMILES string of the molecule is Cc1cccc(C(C(=O)N(CC(=O)O)C2CCN(C)CC2)N(C)C)c1. The van der Waals surface area contributed by atoms with E-state index >= 15 is 0 Å². The molecule has 1 aromatic carbocycles. The van der Waals surface area contributed by atoms with Crippen LogP contribution in [0, 0.1) is 6.92 Å². The van der Waals surface area contributed by atoms with Gasteiger partial charge in [-0.2, -0.15) is 0 Å². The number of hydrogen-bond acceptors (Lipinski definition) is 4. The van der Waals surface area contributed by atoms with Crippen molar-refractivity contribution >= 4 is 11.9 Å². The molecule has 1 aliphatic heterocycles. The zero-order valence-corrected chi connectivity index (χ0v) is 15.6. The second kappa shape index (κ2) is 8.45. The fraction of sp³-hybridized carbons (Fsp3) is 0.579. The molecule has 1 saturated heterocycles. The lowest BCUT2D eigenvalue weighted by atomic mass is 9.98. The van der Waals surface area contributed by atoms with Crippen LogP contribution in [0.4, 0.5) is 0 Å². The van der Waals surface area contributed by atoms with E-state index < -0.39 is 12.0 Å². The van der Waals surface area contributed by atoms with Gasteiger partial charge >= 0.3 is 5.97 Å². The molecule has 6 heteroatoms. The van der Waals surface area contributed by atoms with Gasteiger partial charge in [0.05, 0.1) is 0 Å². The lowest BCUT2D eigenvalue weighted by Gasteiger charge is -2.39. The number of benzene rings is 1. The number of hydrogen-bond donors (Lipinski definition) is 1. The van der Waals surface area contributed by atoms with E-state index in [1.807, 2.05) is 50.2 Å². The Bertz CT molecular complexity index is 610. The molecule has 1 N–H and O–H groups in total. The summed E-state index contributed by atoms with van der Waals surface area (Å²) in [5, 5.41) is 9.33. The van der Waals surface area contributed by atoms with E-state index in [4.69, 9.17) is 0 Å². The number of carbonyl (C=O) groups is 2.